The normalized spacial score (nSPS) is 13.0. The highest BCUT2D eigenvalue weighted by Crippen LogP contribution is 2.26. The molecule has 10 nitrogen and oxygen atoms in total. The lowest BCUT2D eigenvalue weighted by molar-refractivity contribution is -0.148. The van der Waals surface area contributed by atoms with Gasteiger partial charge in [-0.15, -0.1) is 0 Å². The minimum absolute atomic E-state index is 0.103. The van der Waals surface area contributed by atoms with E-state index in [-0.39, 0.29) is 17.9 Å². The number of carbonyl (C=O) groups excluding carboxylic acids is 3. The van der Waals surface area contributed by atoms with Crippen LogP contribution >= 0.6 is 11.8 Å². The Bertz CT molecular complexity index is 1240. The topological polar surface area (TPSA) is 140 Å². The summed E-state index contributed by atoms with van der Waals surface area (Å²) in [5, 5.41) is 14.6. The Hall–Kier alpha value is -3.57. The Morgan fingerprint density at radius 2 is 1.60 bits per heavy atom. The summed E-state index contributed by atoms with van der Waals surface area (Å²) in [5.74, 6) is -1.43. The van der Waals surface area contributed by atoms with Crippen molar-refractivity contribution in [2.24, 2.45) is 0 Å². The van der Waals surface area contributed by atoms with Gasteiger partial charge in [0.2, 0.25) is 5.91 Å². The number of carboxylic acid groups (broad SMARTS) is 1. The van der Waals surface area contributed by atoms with Gasteiger partial charge in [0.05, 0.1) is 24.9 Å². The van der Waals surface area contributed by atoms with E-state index in [1.165, 1.54) is 18.9 Å². The van der Waals surface area contributed by atoms with Gasteiger partial charge in [-0.3, -0.25) is 4.79 Å². The molecule has 3 N–H and O–H groups in total. The summed E-state index contributed by atoms with van der Waals surface area (Å²) in [4.78, 5) is 49.6. The minimum atomic E-state index is -1.07. The highest BCUT2D eigenvalue weighted by molar-refractivity contribution is 7.99. The van der Waals surface area contributed by atoms with Crippen LogP contribution in [0.15, 0.2) is 48.5 Å². The molecule has 0 bridgehead atoms. The first-order chi connectivity index (χ1) is 19.6. The number of hydrogen-bond donors (Lipinski definition) is 3. The zero-order valence-electron chi connectivity index (χ0n) is 25.3. The van der Waals surface area contributed by atoms with Gasteiger partial charge in [0.25, 0.3) is 0 Å². The van der Waals surface area contributed by atoms with Crippen molar-refractivity contribution in [3.63, 3.8) is 0 Å². The molecule has 2 aromatic rings. The number of nitrogens with one attached hydrogen (secondary N) is 2. The van der Waals surface area contributed by atoms with Crippen molar-refractivity contribution in [1.82, 2.24) is 10.6 Å². The van der Waals surface area contributed by atoms with Crippen LogP contribution in [0.25, 0.3) is 11.1 Å². The molecule has 0 saturated carbocycles. The third-order valence-corrected chi connectivity index (χ3v) is 6.79. The van der Waals surface area contributed by atoms with E-state index < -0.39 is 47.2 Å². The summed E-state index contributed by atoms with van der Waals surface area (Å²) in [7, 11) is 1.22. The molecule has 0 aliphatic heterocycles. The predicted octanol–water partition coefficient (Wildman–Crippen LogP) is 4.69. The van der Waals surface area contributed by atoms with Gasteiger partial charge in [-0.2, -0.15) is 11.8 Å². The second kappa shape index (κ2) is 15.6. The van der Waals surface area contributed by atoms with Crippen LogP contribution in [0.1, 0.15) is 57.5 Å². The minimum Gasteiger partial charge on any atom is -0.478 e. The molecule has 0 unspecified atom stereocenters. The average molecular weight is 603 g/mol. The lowest BCUT2D eigenvalue weighted by Crippen LogP contribution is -2.55. The zero-order valence-corrected chi connectivity index (χ0v) is 26.1. The molecule has 0 fully saturated rings. The second-order valence-electron chi connectivity index (χ2n) is 11.6. The monoisotopic (exact) mass is 602 g/mol. The maximum absolute atomic E-state index is 13.3. The Kier molecular flexibility index (Phi) is 12.9. The molecule has 0 aromatic heterocycles. The van der Waals surface area contributed by atoms with Crippen LogP contribution in [0.5, 0.6) is 0 Å². The number of carboxylic acids is 1. The molecule has 0 spiro atoms. The fraction of sp³-hybridized carbons (Fsp3) is 0.484. The van der Waals surface area contributed by atoms with Gasteiger partial charge >= 0.3 is 18.0 Å². The second-order valence-corrected chi connectivity index (χ2v) is 12.7. The number of aromatic carboxylic acids is 1. The molecule has 2 amide bonds. The molecule has 0 heterocycles. The number of rotatable bonds is 13. The first-order valence-corrected chi connectivity index (χ1v) is 14.8. The summed E-state index contributed by atoms with van der Waals surface area (Å²) >= 11 is 1.44. The van der Waals surface area contributed by atoms with E-state index in [9.17, 15) is 24.3 Å². The van der Waals surface area contributed by atoms with Crippen LogP contribution in [-0.2, 0) is 30.2 Å². The van der Waals surface area contributed by atoms with E-state index in [1.54, 1.807) is 39.0 Å². The Balaban J connectivity index is 2.14. The zero-order chi connectivity index (χ0) is 31.5. The molecule has 42 heavy (non-hydrogen) atoms. The predicted molar refractivity (Wildman–Crippen MR) is 163 cm³/mol. The number of aryl methyl sites for hydroxylation is 1. The standard InChI is InChI=1S/C31H42N2O8S/c1-30(2,3)40-18-24(28(37)39-7)32-26(34)25(33-29(38)41-31(4,5)6)19-42-16-15-20-11-8-9-14-23(20)21-12-10-13-22(17-21)27(35)36/h8-14,17,24-25H,15-16,18-19H2,1-7H3,(H,32,34)(H,33,38)(H,35,36)/t24-,25-/m0/s1. The molecule has 0 aliphatic rings. The van der Waals surface area contributed by atoms with Crippen LogP contribution in [0.4, 0.5) is 4.79 Å². The number of thioether (sulfide) groups is 1. The summed E-state index contributed by atoms with van der Waals surface area (Å²) in [5.41, 5.74) is 1.62. The third-order valence-electron chi connectivity index (χ3n) is 5.73. The molecule has 230 valence electrons. The first kappa shape index (κ1) is 34.6. The van der Waals surface area contributed by atoms with Crippen molar-refractivity contribution in [1.29, 1.82) is 0 Å². The molecular weight excluding hydrogens is 560 g/mol. The van der Waals surface area contributed by atoms with E-state index in [0.717, 1.165) is 16.7 Å². The van der Waals surface area contributed by atoms with Crippen molar-refractivity contribution in [3.05, 3.63) is 59.7 Å². The molecule has 2 rings (SSSR count). The summed E-state index contributed by atoms with van der Waals surface area (Å²) in [6.07, 6.45) is -0.129. The van der Waals surface area contributed by atoms with Gasteiger partial charge in [-0.1, -0.05) is 36.4 Å². The molecule has 11 heteroatoms. The number of methoxy groups -OCH3 is 1. The van der Waals surface area contributed by atoms with Crippen molar-refractivity contribution < 1.29 is 38.5 Å². The molecule has 2 atom stereocenters. The number of ether oxygens (including phenoxy) is 3. The van der Waals surface area contributed by atoms with Crippen molar-refractivity contribution in [2.75, 3.05) is 25.2 Å². The van der Waals surface area contributed by atoms with E-state index in [0.29, 0.717) is 12.2 Å². The lowest BCUT2D eigenvalue weighted by Gasteiger charge is -2.26. The van der Waals surface area contributed by atoms with E-state index in [2.05, 4.69) is 10.6 Å². The van der Waals surface area contributed by atoms with Gasteiger partial charge in [-0.05, 0) is 82.5 Å². The molecule has 2 aromatic carbocycles. The Morgan fingerprint density at radius 1 is 0.905 bits per heavy atom. The Labute approximate surface area is 251 Å². The van der Waals surface area contributed by atoms with Crippen LogP contribution < -0.4 is 10.6 Å². The van der Waals surface area contributed by atoms with Crippen LogP contribution in [0.2, 0.25) is 0 Å². The van der Waals surface area contributed by atoms with Crippen LogP contribution in [0.3, 0.4) is 0 Å². The average Bonchev–Trinajstić information content (AvgIpc) is 2.90. The third kappa shape index (κ3) is 12.1. The van der Waals surface area contributed by atoms with E-state index >= 15 is 0 Å². The van der Waals surface area contributed by atoms with Crippen molar-refractivity contribution >= 4 is 35.7 Å². The van der Waals surface area contributed by atoms with Crippen LogP contribution in [-0.4, -0.2) is 77.6 Å². The molecule has 0 radical (unpaired) electrons. The van der Waals surface area contributed by atoms with Crippen molar-refractivity contribution in [2.45, 2.75) is 71.2 Å². The highest BCUT2D eigenvalue weighted by atomic mass is 32.2. The quantitative estimate of drug-likeness (QED) is 0.220. The number of esters is 1. The molecular formula is C31H42N2O8S. The van der Waals surface area contributed by atoms with E-state index in [4.69, 9.17) is 14.2 Å². The number of alkyl carbamates (subject to hydrolysis) is 1. The van der Waals surface area contributed by atoms with Crippen LogP contribution in [0, 0.1) is 0 Å². The molecule has 0 saturated heterocycles. The largest absolute Gasteiger partial charge is 0.478 e. The SMILES string of the molecule is COC(=O)[C@H](COC(C)(C)C)NC(=O)[C@H](CSCCc1ccccc1-c1cccc(C(=O)O)c1)NC(=O)OC(C)(C)C. The lowest BCUT2D eigenvalue weighted by atomic mass is 9.97. The van der Waals surface area contributed by atoms with Crippen molar-refractivity contribution in [3.8, 4) is 11.1 Å². The van der Waals surface area contributed by atoms with Gasteiger partial charge in [0.1, 0.15) is 11.6 Å². The maximum atomic E-state index is 13.3. The fourth-order valence-corrected chi connectivity index (χ4v) is 4.77. The summed E-state index contributed by atoms with van der Waals surface area (Å²) in [6.45, 7) is 10.5. The van der Waals surface area contributed by atoms with Gasteiger partial charge < -0.3 is 30.0 Å². The maximum Gasteiger partial charge on any atom is 0.408 e. The summed E-state index contributed by atoms with van der Waals surface area (Å²) in [6, 6.07) is 12.4. The number of benzene rings is 2. The van der Waals surface area contributed by atoms with E-state index in [1.807, 2.05) is 51.1 Å². The smallest absolute Gasteiger partial charge is 0.408 e. The Morgan fingerprint density at radius 3 is 2.21 bits per heavy atom. The van der Waals surface area contributed by atoms with Gasteiger partial charge in [-0.25, -0.2) is 14.4 Å². The molecule has 0 aliphatic carbocycles. The number of amides is 2. The fourth-order valence-electron chi connectivity index (χ4n) is 3.77. The number of carbonyl (C=O) groups is 4. The summed E-state index contributed by atoms with van der Waals surface area (Å²) < 4.78 is 15.9. The van der Waals surface area contributed by atoms with Gasteiger partial charge in [0.15, 0.2) is 6.04 Å². The highest BCUT2D eigenvalue weighted by Gasteiger charge is 2.30. The first-order valence-electron chi connectivity index (χ1n) is 13.6. The number of hydrogen-bond acceptors (Lipinski definition) is 8. The van der Waals surface area contributed by atoms with Gasteiger partial charge in [0, 0.05) is 5.75 Å².